The predicted molar refractivity (Wildman–Crippen MR) is 85.5 cm³/mol. The van der Waals surface area contributed by atoms with Gasteiger partial charge in [0.2, 0.25) is 0 Å². The molecule has 0 aliphatic heterocycles. The Morgan fingerprint density at radius 1 is 1.21 bits per heavy atom. The number of nitrogens with one attached hydrogen (secondary N) is 1. The molecule has 0 heterocycles. The van der Waals surface area contributed by atoms with Crippen molar-refractivity contribution in [2.75, 3.05) is 12.4 Å². The van der Waals surface area contributed by atoms with Crippen LogP contribution in [0.1, 0.15) is 11.1 Å². The van der Waals surface area contributed by atoms with Gasteiger partial charge in [-0.05, 0) is 35.9 Å². The number of anilines is 1. The Labute approximate surface area is 138 Å². The average molecular weight is 332 g/mol. The molecule has 2 rings (SSSR count). The first-order chi connectivity index (χ1) is 11.4. The van der Waals surface area contributed by atoms with Crippen molar-refractivity contribution in [3.05, 3.63) is 71.4 Å². The normalized spacial score (nSPS) is 11.7. The van der Waals surface area contributed by atoms with E-state index in [1.165, 1.54) is 18.3 Å². The first kappa shape index (κ1) is 17.4. The first-order valence-corrected chi connectivity index (χ1v) is 7.08. The highest BCUT2D eigenvalue weighted by Gasteiger charge is 2.30. The maximum atomic E-state index is 12.7. The summed E-state index contributed by atoms with van der Waals surface area (Å²) in [5.74, 6) is 0.711. The van der Waals surface area contributed by atoms with Crippen LogP contribution in [-0.2, 0) is 12.6 Å². The third-order valence-electron chi connectivity index (χ3n) is 3.30. The van der Waals surface area contributed by atoms with Gasteiger partial charge in [0.25, 0.3) is 0 Å². The number of nitriles is 1. The number of benzene rings is 2. The molecule has 2 aromatic rings. The second-order valence-corrected chi connectivity index (χ2v) is 5.03. The van der Waals surface area contributed by atoms with E-state index in [2.05, 4.69) is 5.32 Å². The van der Waals surface area contributed by atoms with Crippen molar-refractivity contribution in [2.45, 2.75) is 12.6 Å². The highest BCUT2D eigenvalue weighted by molar-refractivity contribution is 5.50. The summed E-state index contributed by atoms with van der Waals surface area (Å²) in [5.41, 5.74) is 0.828. The number of methoxy groups -OCH3 is 1. The van der Waals surface area contributed by atoms with Crippen molar-refractivity contribution in [3.8, 4) is 11.8 Å². The third-order valence-corrected chi connectivity index (χ3v) is 3.30. The van der Waals surface area contributed by atoms with E-state index >= 15 is 0 Å². The minimum Gasteiger partial charge on any atom is -0.497 e. The Balaban J connectivity index is 2.09. The van der Waals surface area contributed by atoms with Crippen molar-refractivity contribution >= 4 is 5.69 Å². The zero-order chi connectivity index (χ0) is 17.6. The van der Waals surface area contributed by atoms with Crippen LogP contribution < -0.4 is 10.1 Å². The molecule has 0 unspecified atom stereocenters. The lowest BCUT2D eigenvalue weighted by atomic mass is 10.1. The van der Waals surface area contributed by atoms with Gasteiger partial charge in [-0.3, -0.25) is 0 Å². The number of hydrogen-bond acceptors (Lipinski definition) is 3. The van der Waals surface area contributed by atoms with E-state index in [1.54, 1.807) is 19.2 Å². The molecule has 0 aliphatic carbocycles. The molecule has 0 amide bonds. The quantitative estimate of drug-likeness (QED) is 0.802. The summed E-state index contributed by atoms with van der Waals surface area (Å²) in [5, 5.41) is 11.9. The highest BCUT2D eigenvalue weighted by Crippen LogP contribution is 2.30. The van der Waals surface area contributed by atoms with E-state index in [4.69, 9.17) is 4.74 Å². The molecule has 0 spiro atoms. The van der Waals surface area contributed by atoms with Crippen molar-refractivity contribution in [2.24, 2.45) is 0 Å². The fourth-order valence-electron chi connectivity index (χ4n) is 2.04. The molecule has 0 saturated carbocycles. The van der Waals surface area contributed by atoms with Crippen LogP contribution in [0.4, 0.5) is 18.9 Å². The number of alkyl halides is 3. The SMILES string of the molecule is COc1ccc(CC(C#N)=CNc2cccc(C(F)(F)F)c2)cc1. The van der Waals surface area contributed by atoms with Crippen LogP contribution in [0.3, 0.4) is 0 Å². The monoisotopic (exact) mass is 332 g/mol. The van der Waals surface area contributed by atoms with Gasteiger partial charge in [0.1, 0.15) is 5.75 Å². The van der Waals surface area contributed by atoms with E-state index in [1.807, 2.05) is 18.2 Å². The maximum Gasteiger partial charge on any atom is 0.416 e. The molecule has 0 saturated heterocycles. The van der Waals surface area contributed by atoms with Gasteiger partial charge >= 0.3 is 6.18 Å². The molecule has 0 atom stereocenters. The number of hydrogen-bond donors (Lipinski definition) is 1. The Morgan fingerprint density at radius 3 is 2.50 bits per heavy atom. The summed E-state index contributed by atoms with van der Waals surface area (Å²) in [6, 6.07) is 14.1. The maximum absolute atomic E-state index is 12.7. The van der Waals surface area contributed by atoms with Gasteiger partial charge in [-0.15, -0.1) is 0 Å². The summed E-state index contributed by atoms with van der Waals surface area (Å²) in [6.45, 7) is 0. The molecule has 0 fully saturated rings. The van der Waals surface area contributed by atoms with Gasteiger partial charge in [0, 0.05) is 23.9 Å². The zero-order valence-corrected chi connectivity index (χ0v) is 12.9. The lowest BCUT2D eigenvalue weighted by Gasteiger charge is -2.09. The molecule has 1 N–H and O–H groups in total. The van der Waals surface area contributed by atoms with Gasteiger partial charge < -0.3 is 10.1 Å². The van der Waals surface area contributed by atoms with Gasteiger partial charge in [0.15, 0.2) is 0 Å². The molecule has 3 nitrogen and oxygen atoms in total. The summed E-state index contributed by atoms with van der Waals surface area (Å²) in [6.07, 6.45) is -2.62. The molecule has 6 heteroatoms. The van der Waals surface area contributed by atoms with Gasteiger partial charge in [-0.25, -0.2) is 0 Å². The molecule has 0 aromatic heterocycles. The van der Waals surface area contributed by atoms with Crippen molar-refractivity contribution < 1.29 is 17.9 Å². The Hall–Kier alpha value is -2.94. The van der Waals surface area contributed by atoms with E-state index in [0.29, 0.717) is 17.7 Å². The van der Waals surface area contributed by atoms with Crippen LogP contribution in [0, 0.1) is 11.3 Å². The van der Waals surface area contributed by atoms with E-state index in [9.17, 15) is 18.4 Å². The van der Waals surface area contributed by atoms with Crippen LogP contribution >= 0.6 is 0 Å². The van der Waals surface area contributed by atoms with Crippen LogP contribution in [0.2, 0.25) is 0 Å². The van der Waals surface area contributed by atoms with Gasteiger partial charge in [0.05, 0.1) is 18.7 Å². The molecule has 124 valence electrons. The second kappa shape index (κ2) is 7.55. The number of halogens is 3. The highest BCUT2D eigenvalue weighted by atomic mass is 19.4. The Morgan fingerprint density at radius 2 is 1.92 bits per heavy atom. The minimum absolute atomic E-state index is 0.271. The Kier molecular flexibility index (Phi) is 5.48. The fraction of sp³-hybridized carbons (Fsp3) is 0.167. The number of rotatable bonds is 5. The molecule has 24 heavy (non-hydrogen) atoms. The number of nitrogens with zero attached hydrogens (tertiary/aromatic N) is 1. The molecule has 0 aliphatic rings. The Bertz CT molecular complexity index is 759. The third kappa shape index (κ3) is 4.78. The van der Waals surface area contributed by atoms with Gasteiger partial charge in [-0.2, -0.15) is 18.4 Å². The first-order valence-electron chi connectivity index (χ1n) is 7.08. The molecule has 0 bridgehead atoms. The van der Waals surface area contributed by atoms with Crippen LogP contribution in [0.15, 0.2) is 60.3 Å². The van der Waals surface area contributed by atoms with Crippen molar-refractivity contribution in [1.82, 2.24) is 0 Å². The summed E-state index contributed by atoms with van der Waals surface area (Å²) < 4.78 is 43.1. The van der Waals surface area contributed by atoms with Gasteiger partial charge in [-0.1, -0.05) is 18.2 Å². The van der Waals surface area contributed by atoms with Crippen LogP contribution in [0.5, 0.6) is 5.75 Å². The minimum atomic E-state index is -4.40. The molecular weight excluding hydrogens is 317 g/mol. The van der Waals surface area contributed by atoms with Crippen LogP contribution in [0.25, 0.3) is 0 Å². The lowest BCUT2D eigenvalue weighted by Crippen LogP contribution is -2.05. The lowest BCUT2D eigenvalue weighted by molar-refractivity contribution is -0.137. The molecule has 2 aromatic carbocycles. The largest absolute Gasteiger partial charge is 0.497 e. The average Bonchev–Trinajstić information content (AvgIpc) is 2.58. The van der Waals surface area contributed by atoms with E-state index in [-0.39, 0.29) is 5.69 Å². The van der Waals surface area contributed by atoms with Crippen molar-refractivity contribution in [3.63, 3.8) is 0 Å². The van der Waals surface area contributed by atoms with Crippen molar-refractivity contribution in [1.29, 1.82) is 5.26 Å². The fourth-order valence-corrected chi connectivity index (χ4v) is 2.04. The van der Waals surface area contributed by atoms with Crippen LogP contribution in [-0.4, -0.2) is 7.11 Å². The second-order valence-electron chi connectivity index (χ2n) is 5.03. The zero-order valence-electron chi connectivity index (χ0n) is 12.9. The number of allylic oxidation sites excluding steroid dienone is 1. The smallest absolute Gasteiger partial charge is 0.416 e. The summed E-state index contributed by atoms with van der Waals surface area (Å²) in [4.78, 5) is 0. The molecule has 0 radical (unpaired) electrons. The summed E-state index contributed by atoms with van der Waals surface area (Å²) in [7, 11) is 1.56. The number of ether oxygens (including phenoxy) is 1. The standard InChI is InChI=1S/C18H15F3N2O/c1-24-17-7-5-13(6-8-17)9-14(11-22)12-23-16-4-2-3-15(10-16)18(19,20)21/h2-8,10,12,23H,9H2,1H3. The topological polar surface area (TPSA) is 45.0 Å². The predicted octanol–water partition coefficient (Wildman–Crippen LogP) is 4.78. The van der Waals surface area contributed by atoms with E-state index < -0.39 is 11.7 Å². The molecular formula is C18H15F3N2O. The summed E-state index contributed by atoms with van der Waals surface area (Å²) >= 11 is 0. The van der Waals surface area contributed by atoms with E-state index in [0.717, 1.165) is 17.7 Å².